The van der Waals surface area contributed by atoms with E-state index >= 15 is 0 Å². The smallest absolute Gasteiger partial charge is 0.343 e. The highest BCUT2D eigenvalue weighted by atomic mass is 19.1. The van der Waals surface area contributed by atoms with Crippen molar-refractivity contribution in [2.75, 3.05) is 13.7 Å². The zero-order valence-electron chi connectivity index (χ0n) is 12.7. The van der Waals surface area contributed by atoms with Crippen molar-refractivity contribution in [3.05, 3.63) is 65.2 Å². The standard InChI is InChI=1S/C18H13FO5/c1-22-17(20)10-23-13-5-6-14-15(9-13)24-16(18(14)21)8-11-3-2-4-12(19)7-11/h2-9H,10H2,1H3. The molecule has 1 heterocycles. The molecule has 0 bridgehead atoms. The van der Waals surface area contributed by atoms with E-state index in [0.717, 1.165) is 0 Å². The summed E-state index contributed by atoms with van der Waals surface area (Å²) in [7, 11) is 1.26. The van der Waals surface area contributed by atoms with Gasteiger partial charge < -0.3 is 14.2 Å². The number of Topliss-reactive ketones (excluding diaryl/α,β-unsaturated/α-hetero) is 1. The van der Waals surface area contributed by atoms with Crippen LogP contribution in [0.15, 0.2) is 48.2 Å². The Hall–Kier alpha value is -3.15. The fourth-order valence-corrected chi connectivity index (χ4v) is 2.21. The molecule has 0 N–H and O–H groups in total. The van der Waals surface area contributed by atoms with Gasteiger partial charge in [-0.25, -0.2) is 9.18 Å². The van der Waals surface area contributed by atoms with Gasteiger partial charge in [0.15, 0.2) is 12.4 Å². The van der Waals surface area contributed by atoms with Crippen LogP contribution in [0.2, 0.25) is 0 Å². The number of methoxy groups -OCH3 is 1. The van der Waals surface area contributed by atoms with E-state index in [1.54, 1.807) is 24.3 Å². The number of ether oxygens (including phenoxy) is 3. The summed E-state index contributed by atoms with van der Waals surface area (Å²) in [4.78, 5) is 23.4. The Kier molecular flexibility index (Phi) is 4.29. The second-order valence-corrected chi connectivity index (χ2v) is 5.02. The predicted octanol–water partition coefficient (Wildman–Crippen LogP) is 2.99. The van der Waals surface area contributed by atoms with Gasteiger partial charge in [0.05, 0.1) is 12.7 Å². The number of carbonyl (C=O) groups excluding carboxylic acids is 2. The van der Waals surface area contributed by atoms with Crippen LogP contribution in [0.1, 0.15) is 15.9 Å². The van der Waals surface area contributed by atoms with Crippen LogP contribution in [0.5, 0.6) is 11.5 Å². The summed E-state index contributed by atoms with van der Waals surface area (Å²) < 4.78 is 28.5. The number of hydrogen-bond donors (Lipinski definition) is 0. The molecule has 0 aromatic heterocycles. The van der Waals surface area contributed by atoms with E-state index in [1.165, 1.54) is 31.4 Å². The molecule has 0 amide bonds. The number of hydrogen-bond acceptors (Lipinski definition) is 5. The van der Waals surface area contributed by atoms with E-state index in [9.17, 15) is 14.0 Å². The van der Waals surface area contributed by atoms with Gasteiger partial charge in [0.25, 0.3) is 0 Å². The molecule has 2 aromatic carbocycles. The molecule has 1 aliphatic heterocycles. The lowest BCUT2D eigenvalue weighted by atomic mass is 10.1. The molecule has 0 atom stereocenters. The first-order valence-electron chi connectivity index (χ1n) is 7.10. The van der Waals surface area contributed by atoms with Crippen molar-refractivity contribution in [3.8, 4) is 11.5 Å². The molecule has 3 rings (SSSR count). The van der Waals surface area contributed by atoms with Crippen molar-refractivity contribution in [1.82, 2.24) is 0 Å². The minimum Gasteiger partial charge on any atom is -0.482 e. The monoisotopic (exact) mass is 328 g/mol. The summed E-state index contributed by atoms with van der Waals surface area (Å²) in [6.45, 7) is -0.241. The molecule has 0 unspecified atom stereocenters. The molecule has 1 aliphatic rings. The fraction of sp³-hybridized carbons (Fsp3) is 0.111. The largest absolute Gasteiger partial charge is 0.482 e. The van der Waals surface area contributed by atoms with Crippen LogP contribution >= 0.6 is 0 Å². The molecular weight excluding hydrogens is 315 g/mol. The quantitative estimate of drug-likeness (QED) is 0.638. The first-order valence-corrected chi connectivity index (χ1v) is 7.10. The lowest BCUT2D eigenvalue weighted by molar-refractivity contribution is -0.142. The van der Waals surface area contributed by atoms with Gasteiger partial charge >= 0.3 is 5.97 Å². The third-order valence-electron chi connectivity index (χ3n) is 3.37. The average molecular weight is 328 g/mol. The van der Waals surface area contributed by atoms with Crippen LogP contribution in [0.4, 0.5) is 4.39 Å². The van der Waals surface area contributed by atoms with E-state index < -0.39 is 11.8 Å². The Bertz CT molecular complexity index is 841. The van der Waals surface area contributed by atoms with Crippen LogP contribution in [0.3, 0.4) is 0 Å². The van der Waals surface area contributed by atoms with Gasteiger partial charge in [0, 0.05) is 6.07 Å². The Morgan fingerprint density at radius 1 is 1.25 bits per heavy atom. The van der Waals surface area contributed by atoms with Crippen LogP contribution in [0.25, 0.3) is 6.08 Å². The Morgan fingerprint density at radius 3 is 2.83 bits per heavy atom. The van der Waals surface area contributed by atoms with E-state index in [2.05, 4.69) is 4.74 Å². The van der Waals surface area contributed by atoms with Crippen LogP contribution in [-0.4, -0.2) is 25.5 Å². The second-order valence-electron chi connectivity index (χ2n) is 5.02. The SMILES string of the molecule is COC(=O)COc1ccc2c(c1)OC(=Cc1cccc(F)c1)C2=O. The van der Waals surface area contributed by atoms with E-state index in [1.807, 2.05) is 0 Å². The summed E-state index contributed by atoms with van der Waals surface area (Å²) in [5, 5.41) is 0. The van der Waals surface area contributed by atoms with Crippen LogP contribution in [-0.2, 0) is 9.53 Å². The Labute approximate surface area is 137 Å². The number of esters is 1. The molecule has 0 radical (unpaired) electrons. The van der Waals surface area contributed by atoms with Crippen molar-refractivity contribution in [3.63, 3.8) is 0 Å². The van der Waals surface area contributed by atoms with Crippen molar-refractivity contribution < 1.29 is 28.2 Å². The van der Waals surface area contributed by atoms with Crippen molar-refractivity contribution >= 4 is 17.8 Å². The Morgan fingerprint density at radius 2 is 2.08 bits per heavy atom. The average Bonchev–Trinajstić information content (AvgIpc) is 2.88. The summed E-state index contributed by atoms with van der Waals surface area (Å²) in [5.74, 6) is -0.413. The van der Waals surface area contributed by atoms with E-state index in [4.69, 9.17) is 9.47 Å². The zero-order chi connectivity index (χ0) is 17.1. The number of ketones is 1. The minimum atomic E-state index is -0.515. The number of carbonyl (C=O) groups is 2. The Balaban J connectivity index is 1.81. The molecule has 24 heavy (non-hydrogen) atoms. The first kappa shape index (κ1) is 15.7. The maximum absolute atomic E-state index is 13.2. The van der Waals surface area contributed by atoms with Gasteiger partial charge in [-0.1, -0.05) is 12.1 Å². The molecule has 0 aliphatic carbocycles. The molecule has 0 saturated heterocycles. The van der Waals surface area contributed by atoms with Crippen LogP contribution < -0.4 is 9.47 Å². The maximum atomic E-state index is 13.2. The van der Waals surface area contributed by atoms with E-state index in [0.29, 0.717) is 22.6 Å². The topological polar surface area (TPSA) is 61.8 Å². The van der Waals surface area contributed by atoms with Gasteiger partial charge in [0.1, 0.15) is 17.3 Å². The third kappa shape index (κ3) is 3.27. The number of benzene rings is 2. The lowest BCUT2D eigenvalue weighted by Gasteiger charge is -2.05. The molecule has 5 nitrogen and oxygen atoms in total. The summed E-state index contributed by atoms with van der Waals surface area (Å²) >= 11 is 0. The summed E-state index contributed by atoms with van der Waals surface area (Å²) in [6.07, 6.45) is 1.47. The summed E-state index contributed by atoms with van der Waals surface area (Å²) in [6, 6.07) is 10.5. The minimum absolute atomic E-state index is 0.0979. The van der Waals surface area contributed by atoms with E-state index in [-0.39, 0.29) is 18.1 Å². The van der Waals surface area contributed by atoms with Gasteiger partial charge in [-0.05, 0) is 35.9 Å². The van der Waals surface area contributed by atoms with Gasteiger partial charge in [-0.3, -0.25) is 4.79 Å². The molecule has 122 valence electrons. The number of fused-ring (bicyclic) bond motifs is 1. The molecule has 0 saturated carbocycles. The van der Waals surface area contributed by atoms with Crippen molar-refractivity contribution in [1.29, 1.82) is 0 Å². The number of rotatable bonds is 4. The normalized spacial score (nSPS) is 14.2. The zero-order valence-corrected chi connectivity index (χ0v) is 12.7. The van der Waals surface area contributed by atoms with Crippen molar-refractivity contribution in [2.45, 2.75) is 0 Å². The molecule has 0 spiro atoms. The summed E-state index contributed by atoms with van der Waals surface area (Å²) in [5.41, 5.74) is 0.899. The van der Waals surface area contributed by atoms with Gasteiger partial charge in [-0.2, -0.15) is 0 Å². The highest BCUT2D eigenvalue weighted by Crippen LogP contribution is 2.34. The molecule has 0 fully saturated rings. The number of halogens is 1. The highest BCUT2D eigenvalue weighted by Gasteiger charge is 2.27. The highest BCUT2D eigenvalue weighted by molar-refractivity contribution is 6.14. The third-order valence-corrected chi connectivity index (χ3v) is 3.37. The van der Waals surface area contributed by atoms with Crippen molar-refractivity contribution in [2.24, 2.45) is 0 Å². The lowest BCUT2D eigenvalue weighted by Crippen LogP contribution is -2.12. The number of allylic oxidation sites excluding steroid dienone is 1. The van der Waals surface area contributed by atoms with Gasteiger partial charge in [-0.15, -0.1) is 0 Å². The van der Waals surface area contributed by atoms with Crippen LogP contribution in [0, 0.1) is 5.82 Å². The van der Waals surface area contributed by atoms with Gasteiger partial charge in [0.2, 0.25) is 5.78 Å². The molecule has 2 aromatic rings. The fourth-order valence-electron chi connectivity index (χ4n) is 2.21. The second kappa shape index (κ2) is 6.54. The molecule has 6 heteroatoms. The predicted molar refractivity (Wildman–Crippen MR) is 83.3 cm³/mol. The first-order chi connectivity index (χ1) is 11.6. The maximum Gasteiger partial charge on any atom is 0.343 e. The molecular formula is C18H13FO5.